The molecule has 1 aromatic heterocycles. The van der Waals surface area contributed by atoms with Crippen LogP contribution in [0.25, 0.3) is 10.9 Å². The molecule has 0 N–H and O–H groups in total. The summed E-state index contributed by atoms with van der Waals surface area (Å²) in [5.41, 5.74) is 2.71. The number of nitrogens with zero attached hydrogens (tertiary/aromatic N) is 3. The third kappa shape index (κ3) is 2.38. The second-order valence-corrected chi connectivity index (χ2v) is 5.33. The summed E-state index contributed by atoms with van der Waals surface area (Å²) in [6.07, 6.45) is 0. The summed E-state index contributed by atoms with van der Waals surface area (Å²) < 4.78 is 1.70. The molecule has 5 nitrogen and oxygen atoms in total. The molecule has 122 valence electrons. The van der Waals surface area contributed by atoms with E-state index in [1.807, 2.05) is 45.0 Å². The van der Waals surface area contributed by atoms with Crippen molar-refractivity contribution in [2.75, 3.05) is 0 Å². The SMILES string of the molecule is CC.Cc1nn(CN2C(=O)c3ccccc3C2=O)c2ccccc12. The fourth-order valence-corrected chi connectivity index (χ4v) is 2.90. The first kappa shape index (κ1) is 15.9. The van der Waals surface area contributed by atoms with Gasteiger partial charge in [-0.15, -0.1) is 0 Å². The average molecular weight is 321 g/mol. The quantitative estimate of drug-likeness (QED) is 0.677. The third-order valence-electron chi connectivity index (χ3n) is 4.00. The zero-order chi connectivity index (χ0) is 17.3. The topological polar surface area (TPSA) is 55.2 Å². The Morgan fingerprint density at radius 3 is 2.04 bits per heavy atom. The molecule has 0 fully saturated rings. The van der Waals surface area contributed by atoms with Gasteiger partial charge in [0.2, 0.25) is 0 Å². The van der Waals surface area contributed by atoms with Gasteiger partial charge in [0.25, 0.3) is 11.8 Å². The number of carbonyl (C=O) groups excluding carboxylic acids is 2. The van der Waals surface area contributed by atoms with E-state index in [1.54, 1.807) is 28.9 Å². The van der Waals surface area contributed by atoms with Crippen LogP contribution in [0.15, 0.2) is 48.5 Å². The molecule has 3 aromatic rings. The molecule has 4 rings (SSSR count). The fourth-order valence-electron chi connectivity index (χ4n) is 2.90. The van der Waals surface area contributed by atoms with Crippen LogP contribution in [0.5, 0.6) is 0 Å². The number of aryl methyl sites for hydroxylation is 1. The second-order valence-electron chi connectivity index (χ2n) is 5.33. The Morgan fingerprint density at radius 2 is 1.42 bits per heavy atom. The Balaban J connectivity index is 0.000000815. The van der Waals surface area contributed by atoms with Gasteiger partial charge in [-0.1, -0.05) is 44.2 Å². The van der Waals surface area contributed by atoms with Crippen molar-refractivity contribution in [3.05, 3.63) is 65.4 Å². The summed E-state index contributed by atoms with van der Waals surface area (Å²) in [4.78, 5) is 26.1. The highest BCUT2D eigenvalue weighted by atomic mass is 16.2. The molecule has 1 aliphatic heterocycles. The molecule has 0 saturated heterocycles. The third-order valence-corrected chi connectivity index (χ3v) is 4.00. The van der Waals surface area contributed by atoms with E-state index >= 15 is 0 Å². The monoisotopic (exact) mass is 321 g/mol. The Labute approximate surface area is 140 Å². The van der Waals surface area contributed by atoms with Crippen LogP contribution in [0.3, 0.4) is 0 Å². The van der Waals surface area contributed by atoms with Gasteiger partial charge in [-0.05, 0) is 25.1 Å². The standard InChI is InChI=1S/C17H13N3O2.C2H6/c1-11-12-6-4-5-9-15(12)20(18-11)10-19-16(21)13-7-2-3-8-14(13)17(19)22;1-2/h2-9H,10H2,1H3;1-2H3. The predicted molar refractivity (Wildman–Crippen MR) is 92.8 cm³/mol. The lowest BCUT2D eigenvalue weighted by Crippen LogP contribution is -2.32. The van der Waals surface area contributed by atoms with E-state index in [4.69, 9.17) is 0 Å². The van der Waals surface area contributed by atoms with Crippen molar-refractivity contribution >= 4 is 22.7 Å². The minimum atomic E-state index is -0.266. The number of carbonyl (C=O) groups is 2. The molecule has 1 aliphatic rings. The van der Waals surface area contributed by atoms with Gasteiger partial charge >= 0.3 is 0 Å². The normalized spacial score (nSPS) is 13.0. The largest absolute Gasteiger partial charge is 0.269 e. The van der Waals surface area contributed by atoms with Gasteiger partial charge in [0.05, 0.1) is 22.3 Å². The predicted octanol–water partition coefficient (Wildman–Crippen LogP) is 3.62. The van der Waals surface area contributed by atoms with Crippen LogP contribution >= 0.6 is 0 Å². The molecule has 2 aromatic carbocycles. The lowest BCUT2D eigenvalue weighted by Gasteiger charge is -2.14. The van der Waals surface area contributed by atoms with Gasteiger partial charge in [0.1, 0.15) is 6.67 Å². The molecule has 0 bridgehead atoms. The number of aromatic nitrogens is 2. The highest BCUT2D eigenvalue weighted by Crippen LogP contribution is 2.24. The summed E-state index contributed by atoms with van der Waals surface area (Å²) in [6, 6.07) is 14.7. The number of rotatable bonds is 2. The first-order valence-corrected chi connectivity index (χ1v) is 8.04. The first-order valence-electron chi connectivity index (χ1n) is 8.04. The molecule has 0 aliphatic carbocycles. The number of benzene rings is 2. The summed E-state index contributed by atoms with van der Waals surface area (Å²) in [7, 11) is 0. The number of hydrogen-bond donors (Lipinski definition) is 0. The number of fused-ring (bicyclic) bond motifs is 2. The minimum absolute atomic E-state index is 0.126. The Hall–Kier alpha value is -2.95. The van der Waals surface area contributed by atoms with Crippen molar-refractivity contribution in [2.45, 2.75) is 27.4 Å². The van der Waals surface area contributed by atoms with Crippen molar-refractivity contribution in [1.82, 2.24) is 14.7 Å². The van der Waals surface area contributed by atoms with E-state index in [9.17, 15) is 9.59 Å². The van der Waals surface area contributed by atoms with Crippen molar-refractivity contribution in [2.24, 2.45) is 0 Å². The van der Waals surface area contributed by atoms with Crippen molar-refractivity contribution in [1.29, 1.82) is 0 Å². The molecule has 0 atom stereocenters. The molecule has 0 unspecified atom stereocenters. The van der Waals surface area contributed by atoms with Gasteiger partial charge in [-0.3, -0.25) is 14.5 Å². The maximum absolute atomic E-state index is 12.4. The summed E-state index contributed by atoms with van der Waals surface area (Å²) in [5.74, 6) is -0.532. The van der Waals surface area contributed by atoms with E-state index in [1.165, 1.54) is 4.90 Å². The maximum Gasteiger partial charge on any atom is 0.263 e. The average Bonchev–Trinajstić information content (AvgIpc) is 3.08. The zero-order valence-electron chi connectivity index (χ0n) is 14.0. The highest BCUT2D eigenvalue weighted by molar-refractivity contribution is 6.21. The summed E-state index contributed by atoms with van der Waals surface area (Å²) >= 11 is 0. The Bertz CT molecular complexity index is 892. The van der Waals surface area contributed by atoms with Crippen LogP contribution in [0.1, 0.15) is 40.3 Å². The number of amides is 2. The van der Waals surface area contributed by atoms with Crippen LogP contribution in [0.4, 0.5) is 0 Å². The van der Waals surface area contributed by atoms with Crippen LogP contribution in [-0.2, 0) is 6.67 Å². The minimum Gasteiger partial charge on any atom is -0.269 e. The van der Waals surface area contributed by atoms with Gasteiger partial charge in [0.15, 0.2) is 0 Å². The van der Waals surface area contributed by atoms with Gasteiger partial charge in [0, 0.05) is 5.39 Å². The van der Waals surface area contributed by atoms with Crippen LogP contribution in [0.2, 0.25) is 0 Å². The van der Waals surface area contributed by atoms with E-state index in [2.05, 4.69) is 5.10 Å². The summed E-state index contributed by atoms with van der Waals surface area (Å²) in [6.45, 7) is 6.04. The maximum atomic E-state index is 12.4. The molecule has 5 heteroatoms. The number of imide groups is 1. The van der Waals surface area contributed by atoms with Crippen LogP contribution in [0, 0.1) is 6.92 Å². The Morgan fingerprint density at radius 1 is 0.875 bits per heavy atom. The second kappa shape index (κ2) is 6.28. The van der Waals surface area contributed by atoms with Crippen molar-refractivity contribution in [3.63, 3.8) is 0 Å². The number of hydrogen-bond acceptors (Lipinski definition) is 3. The van der Waals surface area contributed by atoms with Crippen molar-refractivity contribution < 1.29 is 9.59 Å². The zero-order valence-corrected chi connectivity index (χ0v) is 14.0. The van der Waals surface area contributed by atoms with Crippen LogP contribution in [-0.4, -0.2) is 26.5 Å². The van der Waals surface area contributed by atoms with Crippen LogP contribution < -0.4 is 0 Å². The lowest BCUT2D eigenvalue weighted by atomic mass is 10.1. The molecular weight excluding hydrogens is 302 g/mol. The molecule has 24 heavy (non-hydrogen) atoms. The van der Waals surface area contributed by atoms with Gasteiger partial charge in [-0.2, -0.15) is 5.10 Å². The smallest absolute Gasteiger partial charge is 0.263 e. The van der Waals surface area contributed by atoms with Gasteiger partial charge in [-0.25, -0.2) is 4.68 Å². The van der Waals surface area contributed by atoms with E-state index in [0.29, 0.717) is 11.1 Å². The number of para-hydroxylation sites is 1. The molecule has 2 amide bonds. The van der Waals surface area contributed by atoms with E-state index in [0.717, 1.165) is 16.6 Å². The molecular formula is C19H19N3O2. The highest BCUT2D eigenvalue weighted by Gasteiger charge is 2.35. The molecule has 2 heterocycles. The first-order chi connectivity index (χ1) is 11.7. The van der Waals surface area contributed by atoms with E-state index < -0.39 is 0 Å². The lowest BCUT2D eigenvalue weighted by molar-refractivity contribution is 0.0600. The molecule has 0 saturated carbocycles. The molecule has 0 radical (unpaired) electrons. The van der Waals surface area contributed by atoms with Gasteiger partial charge < -0.3 is 0 Å². The van der Waals surface area contributed by atoms with E-state index in [-0.39, 0.29) is 18.5 Å². The fraction of sp³-hybridized carbons (Fsp3) is 0.211. The Kier molecular flexibility index (Phi) is 4.16. The summed E-state index contributed by atoms with van der Waals surface area (Å²) in [5, 5.41) is 5.48. The molecule has 0 spiro atoms. The van der Waals surface area contributed by atoms with Crippen molar-refractivity contribution in [3.8, 4) is 0 Å².